The van der Waals surface area contributed by atoms with Gasteiger partial charge in [0.2, 0.25) is 0 Å². The lowest BCUT2D eigenvalue weighted by Crippen LogP contribution is -2.09. The zero-order valence-corrected chi connectivity index (χ0v) is 14.6. The second kappa shape index (κ2) is 7.31. The van der Waals surface area contributed by atoms with Crippen LogP contribution < -0.4 is 5.73 Å². The molecule has 122 valence electrons. The third-order valence-electron chi connectivity index (χ3n) is 3.57. The summed E-state index contributed by atoms with van der Waals surface area (Å²) in [6.07, 6.45) is 3.49. The van der Waals surface area contributed by atoms with E-state index in [1.165, 1.54) is 0 Å². The molecule has 25 heavy (non-hydrogen) atoms. The van der Waals surface area contributed by atoms with Crippen molar-refractivity contribution in [2.24, 2.45) is 5.73 Å². The Morgan fingerprint density at radius 1 is 1.16 bits per heavy atom. The van der Waals surface area contributed by atoms with Crippen molar-refractivity contribution in [2.75, 3.05) is 0 Å². The largest absolute Gasteiger partial charge is 0.389 e. The van der Waals surface area contributed by atoms with E-state index >= 15 is 0 Å². The lowest BCUT2D eigenvalue weighted by molar-refractivity contribution is 0.884. The molecule has 0 spiro atoms. The van der Waals surface area contributed by atoms with E-state index in [9.17, 15) is 5.26 Å². The first-order valence-electron chi connectivity index (χ1n) is 7.41. The molecule has 0 aliphatic rings. The maximum Gasteiger partial charge on any atom is 0.114 e. The van der Waals surface area contributed by atoms with Crippen LogP contribution in [0.15, 0.2) is 66.4 Å². The van der Waals surface area contributed by atoms with Gasteiger partial charge in [-0.25, -0.2) is 4.68 Å². The van der Waals surface area contributed by atoms with Crippen LogP contribution in [-0.4, -0.2) is 14.8 Å². The highest BCUT2D eigenvalue weighted by Crippen LogP contribution is 2.27. The average molecular weight is 365 g/mol. The van der Waals surface area contributed by atoms with Crippen LogP contribution in [0.2, 0.25) is 5.02 Å². The topological polar surface area (TPSA) is 67.6 Å². The lowest BCUT2D eigenvalue weighted by atomic mass is 10.1. The van der Waals surface area contributed by atoms with Crippen molar-refractivity contribution in [3.05, 3.63) is 77.0 Å². The maximum atomic E-state index is 9.25. The summed E-state index contributed by atoms with van der Waals surface area (Å²) >= 11 is 10.9. The first-order valence-corrected chi connectivity index (χ1v) is 8.20. The van der Waals surface area contributed by atoms with Crippen molar-refractivity contribution in [2.45, 2.75) is 0 Å². The van der Waals surface area contributed by atoms with Gasteiger partial charge in [-0.2, -0.15) is 10.4 Å². The maximum absolute atomic E-state index is 9.25. The molecule has 4 nitrogen and oxygen atoms in total. The van der Waals surface area contributed by atoms with Crippen LogP contribution in [0.4, 0.5) is 0 Å². The lowest BCUT2D eigenvalue weighted by Gasteiger charge is -2.01. The van der Waals surface area contributed by atoms with Gasteiger partial charge < -0.3 is 5.73 Å². The molecule has 3 aromatic rings. The first kappa shape index (κ1) is 16.9. The third kappa shape index (κ3) is 3.77. The van der Waals surface area contributed by atoms with Crippen molar-refractivity contribution in [1.29, 1.82) is 5.26 Å². The van der Waals surface area contributed by atoms with Gasteiger partial charge in [0.05, 0.1) is 17.0 Å². The smallest absolute Gasteiger partial charge is 0.114 e. The number of nitriles is 1. The van der Waals surface area contributed by atoms with Crippen LogP contribution in [0.1, 0.15) is 5.56 Å². The van der Waals surface area contributed by atoms with Crippen LogP contribution in [0, 0.1) is 11.3 Å². The predicted molar refractivity (Wildman–Crippen MR) is 104 cm³/mol. The van der Waals surface area contributed by atoms with E-state index in [1.54, 1.807) is 22.9 Å². The summed E-state index contributed by atoms with van der Waals surface area (Å²) in [5, 5.41) is 14.6. The van der Waals surface area contributed by atoms with E-state index in [-0.39, 0.29) is 10.6 Å². The highest BCUT2D eigenvalue weighted by atomic mass is 35.5. The molecule has 2 aromatic carbocycles. The normalized spacial score (nSPS) is 11.1. The summed E-state index contributed by atoms with van der Waals surface area (Å²) in [5.74, 6) is 0. The van der Waals surface area contributed by atoms with Crippen LogP contribution in [-0.2, 0) is 0 Å². The Morgan fingerprint density at radius 3 is 2.44 bits per heavy atom. The summed E-state index contributed by atoms with van der Waals surface area (Å²) in [6.45, 7) is 0. The first-order chi connectivity index (χ1) is 12.1. The molecule has 0 fully saturated rings. The fourth-order valence-corrected chi connectivity index (χ4v) is 2.58. The van der Waals surface area contributed by atoms with E-state index < -0.39 is 0 Å². The summed E-state index contributed by atoms with van der Waals surface area (Å²) in [6, 6.07) is 19.1. The van der Waals surface area contributed by atoms with Crippen LogP contribution in [0.5, 0.6) is 0 Å². The van der Waals surface area contributed by atoms with E-state index in [0.29, 0.717) is 10.7 Å². The minimum atomic E-state index is 0.0528. The van der Waals surface area contributed by atoms with Gasteiger partial charge in [-0.05, 0) is 30.3 Å². The molecule has 0 saturated carbocycles. The van der Waals surface area contributed by atoms with Crippen LogP contribution in [0.3, 0.4) is 0 Å². The van der Waals surface area contributed by atoms with E-state index in [2.05, 4.69) is 5.10 Å². The van der Waals surface area contributed by atoms with Crippen LogP contribution >= 0.6 is 23.8 Å². The molecule has 0 unspecified atom stereocenters. The number of hydrogen-bond acceptors (Lipinski definition) is 3. The Bertz CT molecular complexity index is 983. The van der Waals surface area contributed by atoms with Crippen molar-refractivity contribution in [1.82, 2.24) is 9.78 Å². The van der Waals surface area contributed by atoms with Gasteiger partial charge in [0.1, 0.15) is 11.1 Å². The SMILES string of the molecule is N#C/C(=C\c1cn(-c2ccccc2)nc1-c1ccc(Cl)cc1)C(N)=S. The van der Waals surface area contributed by atoms with Gasteiger partial charge in [0.15, 0.2) is 0 Å². The van der Waals surface area contributed by atoms with Crippen molar-refractivity contribution < 1.29 is 0 Å². The molecular weight excluding hydrogens is 352 g/mol. The molecule has 0 saturated heterocycles. The fraction of sp³-hybridized carbons (Fsp3) is 0. The zero-order chi connectivity index (χ0) is 17.8. The predicted octanol–water partition coefficient (Wildman–Crippen LogP) is 4.39. The summed E-state index contributed by atoms with van der Waals surface area (Å²) in [4.78, 5) is 0.0528. The number of hydrogen-bond donors (Lipinski definition) is 1. The van der Waals surface area contributed by atoms with Gasteiger partial charge in [0.25, 0.3) is 0 Å². The average Bonchev–Trinajstić information content (AvgIpc) is 3.04. The quantitative estimate of drug-likeness (QED) is 0.423. The molecule has 1 aromatic heterocycles. The van der Waals surface area contributed by atoms with Crippen molar-refractivity contribution >= 4 is 34.9 Å². The highest BCUT2D eigenvalue weighted by molar-refractivity contribution is 7.80. The number of nitrogens with zero attached hydrogens (tertiary/aromatic N) is 3. The third-order valence-corrected chi connectivity index (χ3v) is 4.04. The van der Waals surface area contributed by atoms with Gasteiger partial charge in [-0.15, -0.1) is 0 Å². The number of nitrogens with two attached hydrogens (primary N) is 1. The summed E-state index contributed by atoms with van der Waals surface area (Å²) in [7, 11) is 0. The molecule has 2 N–H and O–H groups in total. The molecule has 0 aliphatic heterocycles. The zero-order valence-electron chi connectivity index (χ0n) is 13.1. The standard InChI is InChI=1S/C19H13ClN4S/c20-16-8-6-13(7-9-16)18-15(10-14(11-21)19(22)25)12-24(23-18)17-4-2-1-3-5-17/h1-10,12H,(H2,22,25)/b14-10+. The number of rotatable bonds is 4. The minimum absolute atomic E-state index is 0.0528. The van der Waals surface area contributed by atoms with E-state index in [0.717, 1.165) is 16.8 Å². The molecule has 0 amide bonds. The second-order valence-corrected chi connectivity index (χ2v) is 6.13. The van der Waals surface area contributed by atoms with Crippen molar-refractivity contribution in [3.63, 3.8) is 0 Å². The number of halogens is 1. The molecule has 0 bridgehead atoms. The Kier molecular flexibility index (Phi) is 4.94. The molecule has 1 heterocycles. The number of benzene rings is 2. The molecular formula is C19H13ClN4S. The fourth-order valence-electron chi connectivity index (χ4n) is 2.35. The van der Waals surface area contributed by atoms with Crippen molar-refractivity contribution in [3.8, 4) is 23.0 Å². The van der Waals surface area contributed by atoms with Gasteiger partial charge in [0, 0.05) is 22.3 Å². The van der Waals surface area contributed by atoms with Crippen LogP contribution in [0.25, 0.3) is 23.0 Å². The Labute approximate surface area is 155 Å². The minimum Gasteiger partial charge on any atom is -0.389 e. The Hall–Kier alpha value is -2.94. The molecule has 0 atom stereocenters. The molecule has 0 radical (unpaired) electrons. The number of aromatic nitrogens is 2. The van der Waals surface area contributed by atoms with Gasteiger partial charge in [-0.3, -0.25) is 0 Å². The Balaban J connectivity index is 2.18. The summed E-state index contributed by atoms with van der Waals surface area (Å²) in [5.41, 5.74) is 9.10. The number of thiocarbonyl (C=S) groups is 1. The van der Waals surface area contributed by atoms with Gasteiger partial charge in [-0.1, -0.05) is 54.2 Å². The second-order valence-electron chi connectivity index (χ2n) is 5.25. The highest BCUT2D eigenvalue weighted by Gasteiger charge is 2.12. The Morgan fingerprint density at radius 2 is 1.84 bits per heavy atom. The summed E-state index contributed by atoms with van der Waals surface area (Å²) < 4.78 is 1.75. The molecule has 0 aliphatic carbocycles. The van der Waals surface area contributed by atoms with E-state index in [4.69, 9.17) is 29.6 Å². The number of para-hydroxylation sites is 1. The molecule has 3 rings (SSSR count). The monoisotopic (exact) mass is 364 g/mol. The molecule has 6 heteroatoms. The van der Waals surface area contributed by atoms with E-state index in [1.807, 2.05) is 54.7 Å². The van der Waals surface area contributed by atoms with Gasteiger partial charge >= 0.3 is 0 Å².